The number of rotatable bonds is 3. The summed E-state index contributed by atoms with van der Waals surface area (Å²) in [6.07, 6.45) is 0. The maximum Gasteiger partial charge on any atom is 0.322 e. The zero-order chi connectivity index (χ0) is 14.8. The van der Waals surface area contributed by atoms with Crippen LogP contribution in [0.2, 0.25) is 0 Å². The Kier molecular flexibility index (Phi) is 3.68. The number of aromatic amines is 1. The molecule has 1 unspecified atom stereocenters. The molecular formula is C14H16N4O3. The number of carboxylic acid groups (broad SMARTS) is 1. The average molecular weight is 288 g/mol. The van der Waals surface area contributed by atoms with Crippen molar-refractivity contribution in [3.05, 3.63) is 40.4 Å². The molecule has 1 aliphatic rings. The maximum absolute atomic E-state index is 12.0. The largest absolute Gasteiger partial charge is 0.480 e. The van der Waals surface area contributed by atoms with E-state index in [9.17, 15) is 14.7 Å². The highest BCUT2D eigenvalue weighted by Crippen LogP contribution is 2.10. The summed E-state index contributed by atoms with van der Waals surface area (Å²) in [4.78, 5) is 32.2. The molecule has 0 bridgehead atoms. The molecule has 0 saturated carbocycles. The highest BCUT2D eigenvalue weighted by molar-refractivity contribution is 5.77. The molecule has 2 aromatic rings. The van der Waals surface area contributed by atoms with E-state index in [0.717, 1.165) is 6.54 Å². The van der Waals surface area contributed by atoms with Crippen LogP contribution in [0.5, 0.6) is 0 Å². The molecule has 3 rings (SSSR count). The summed E-state index contributed by atoms with van der Waals surface area (Å²) in [6, 6.07) is 6.51. The number of nitrogens with zero attached hydrogens (tertiary/aromatic N) is 2. The van der Waals surface area contributed by atoms with Crippen LogP contribution >= 0.6 is 0 Å². The van der Waals surface area contributed by atoms with Crippen molar-refractivity contribution < 1.29 is 9.90 Å². The molecule has 110 valence electrons. The number of carboxylic acids is 1. The Morgan fingerprint density at radius 3 is 3.05 bits per heavy atom. The van der Waals surface area contributed by atoms with Gasteiger partial charge in [-0.25, -0.2) is 4.98 Å². The molecular weight excluding hydrogens is 272 g/mol. The molecule has 1 aliphatic heterocycles. The van der Waals surface area contributed by atoms with Crippen LogP contribution in [0.25, 0.3) is 10.9 Å². The third kappa shape index (κ3) is 2.79. The molecule has 1 fully saturated rings. The minimum Gasteiger partial charge on any atom is -0.480 e. The molecule has 0 amide bonds. The van der Waals surface area contributed by atoms with E-state index in [1.165, 1.54) is 0 Å². The van der Waals surface area contributed by atoms with Crippen molar-refractivity contribution in [2.45, 2.75) is 12.6 Å². The smallest absolute Gasteiger partial charge is 0.322 e. The van der Waals surface area contributed by atoms with Gasteiger partial charge in [0.05, 0.1) is 17.4 Å². The molecule has 1 atom stereocenters. The molecule has 3 N–H and O–H groups in total. The van der Waals surface area contributed by atoms with Gasteiger partial charge in [0.25, 0.3) is 5.56 Å². The van der Waals surface area contributed by atoms with E-state index < -0.39 is 12.0 Å². The summed E-state index contributed by atoms with van der Waals surface area (Å²) in [7, 11) is 0. The minimum absolute atomic E-state index is 0.197. The number of hydrogen-bond donors (Lipinski definition) is 3. The molecule has 7 heteroatoms. The molecule has 1 saturated heterocycles. The lowest BCUT2D eigenvalue weighted by molar-refractivity contribution is -0.144. The topological polar surface area (TPSA) is 98.3 Å². The number of benzene rings is 1. The van der Waals surface area contributed by atoms with Gasteiger partial charge in [-0.2, -0.15) is 0 Å². The van der Waals surface area contributed by atoms with Crippen LogP contribution in [0.3, 0.4) is 0 Å². The molecule has 0 aliphatic carbocycles. The van der Waals surface area contributed by atoms with Crippen molar-refractivity contribution in [1.29, 1.82) is 0 Å². The van der Waals surface area contributed by atoms with Crippen LogP contribution in [-0.2, 0) is 11.3 Å². The fourth-order valence-corrected chi connectivity index (χ4v) is 2.58. The number of hydrogen-bond acceptors (Lipinski definition) is 5. The van der Waals surface area contributed by atoms with E-state index >= 15 is 0 Å². The van der Waals surface area contributed by atoms with Crippen molar-refractivity contribution in [2.24, 2.45) is 0 Å². The zero-order valence-corrected chi connectivity index (χ0v) is 11.4. The number of carbonyl (C=O) groups is 1. The lowest BCUT2D eigenvalue weighted by Gasteiger charge is -2.32. The zero-order valence-electron chi connectivity index (χ0n) is 11.4. The molecule has 0 spiro atoms. The Morgan fingerprint density at radius 2 is 2.24 bits per heavy atom. The number of para-hydroxylation sites is 1. The Morgan fingerprint density at radius 1 is 1.43 bits per heavy atom. The summed E-state index contributed by atoms with van der Waals surface area (Å²) in [6.45, 7) is 2.04. The third-order valence-electron chi connectivity index (χ3n) is 3.65. The van der Waals surface area contributed by atoms with Gasteiger partial charge in [-0.05, 0) is 12.1 Å². The van der Waals surface area contributed by atoms with E-state index in [1.54, 1.807) is 18.2 Å². The van der Waals surface area contributed by atoms with Crippen molar-refractivity contribution in [1.82, 2.24) is 20.2 Å². The number of nitrogens with one attached hydrogen (secondary N) is 2. The van der Waals surface area contributed by atoms with Crippen LogP contribution in [0.4, 0.5) is 0 Å². The van der Waals surface area contributed by atoms with Crippen molar-refractivity contribution in [2.75, 3.05) is 19.6 Å². The van der Waals surface area contributed by atoms with Crippen LogP contribution in [-0.4, -0.2) is 51.6 Å². The van der Waals surface area contributed by atoms with Gasteiger partial charge in [0.15, 0.2) is 0 Å². The molecule has 2 heterocycles. The molecule has 21 heavy (non-hydrogen) atoms. The van der Waals surface area contributed by atoms with Crippen molar-refractivity contribution in [3.8, 4) is 0 Å². The van der Waals surface area contributed by atoms with Gasteiger partial charge in [-0.3, -0.25) is 14.5 Å². The molecule has 0 radical (unpaired) electrons. The Hall–Kier alpha value is -2.25. The van der Waals surface area contributed by atoms with Gasteiger partial charge in [0.1, 0.15) is 11.9 Å². The first-order valence-electron chi connectivity index (χ1n) is 6.80. The quantitative estimate of drug-likeness (QED) is 0.722. The van der Waals surface area contributed by atoms with Crippen LogP contribution in [0.15, 0.2) is 29.1 Å². The second kappa shape index (κ2) is 5.63. The Bertz CT molecular complexity index is 727. The lowest BCUT2D eigenvalue weighted by atomic mass is 10.2. The van der Waals surface area contributed by atoms with Gasteiger partial charge in [0.2, 0.25) is 0 Å². The van der Waals surface area contributed by atoms with E-state index in [1.807, 2.05) is 11.0 Å². The standard InChI is InChI=1S/C14H16N4O3/c19-13-9-3-1-2-4-10(9)16-12(17-13)8-18-6-5-15-7-11(18)14(20)21/h1-4,11,15H,5-8H2,(H,20,21)(H,16,17,19). The van der Waals surface area contributed by atoms with Crippen LogP contribution < -0.4 is 10.9 Å². The predicted molar refractivity (Wildman–Crippen MR) is 77.1 cm³/mol. The summed E-state index contributed by atoms with van der Waals surface area (Å²) in [5.41, 5.74) is 0.427. The fraction of sp³-hybridized carbons (Fsp3) is 0.357. The maximum atomic E-state index is 12.0. The summed E-state index contributed by atoms with van der Waals surface area (Å²) >= 11 is 0. The van der Waals surface area contributed by atoms with Crippen LogP contribution in [0, 0.1) is 0 Å². The summed E-state index contributed by atoms with van der Waals surface area (Å²) in [5.74, 6) is -0.378. The first-order chi connectivity index (χ1) is 10.1. The van der Waals surface area contributed by atoms with Gasteiger partial charge in [0, 0.05) is 19.6 Å². The number of H-pyrrole nitrogens is 1. The van der Waals surface area contributed by atoms with Gasteiger partial charge >= 0.3 is 5.97 Å². The van der Waals surface area contributed by atoms with E-state index in [2.05, 4.69) is 15.3 Å². The minimum atomic E-state index is -0.870. The monoisotopic (exact) mass is 288 g/mol. The average Bonchev–Trinajstić information content (AvgIpc) is 2.47. The number of fused-ring (bicyclic) bond motifs is 1. The number of aromatic nitrogens is 2. The van der Waals surface area contributed by atoms with Crippen LogP contribution in [0.1, 0.15) is 5.82 Å². The molecule has 1 aromatic carbocycles. The fourth-order valence-electron chi connectivity index (χ4n) is 2.58. The number of aliphatic carboxylic acids is 1. The number of piperazine rings is 1. The van der Waals surface area contributed by atoms with E-state index in [-0.39, 0.29) is 5.56 Å². The molecule has 7 nitrogen and oxygen atoms in total. The van der Waals surface area contributed by atoms with E-state index in [4.69, 9.17) is 0 Å². The summed E-state index contributed by atoms with van der Waals surface area (Å²) < 4.78 is 0. The second-order valence-corrected chi connectivity index (χ2v) is 5.06. The Balaban J connectivity index is 1.90. The van der Waals surface area contributed by atoms with Crippen molar-refractivity contribution in [3.63, 3.8) is 0 Å². The SMILES string of the molecule is O=C(O)C1CNCCN1Cc1nc2ccccc2c(=O)[nH]1. The summed E-state index contributed by atoms with van der Waals surface area (Å²) in [5, 5.41) is 12.8. The van der Waals surface area contributed by atoms with E-state index in [0.29, 0.717) is 36.4 Å². The predicted octanol–water partition coefficient (Wildman–Crippen LogP) is -0.218. The lowest BCUT2D eigenvalue weighted by Crippen LogP contribution is -2.54. The first kappa shape index (κ1) is 13.7. The highest BCUT2D eigenvalue weighted by Gasteiger charge is 2.28. The highest BCUT2D eigenvalue weighted by atomic mass is 16.4. The normalized spacial score (nSPS) is 19.7. The van der Waals surface area contributed by atoms with Gasteiger partial charge < -0.3 is 15.4 Å². The Labute approximate surface area is 120 Å². The molecule has 1 aromatic heterocycles. The van der Waals surface area contributed by atoms with Gasteiger partial charge in [-0.1, -0.05) is 12.1 Å². The van der Waals surface area contributed by atoms with Crippen molar-refractivity contribution >= 4 is 16.9 Å². The second-order valence-electron chi connectivity index (χ2n) is 5.06. The first-order valence-corrected chi connectivity index (χ1v) is 6.80. The van der Waals surface area contributed by atoms with Gasteiger partial charge in [-0.15, -0.1) is 0 Å². The third-order valence-corrected chi connectivity index (χ3v) is 3.65.